The summed E-state index contributed by atoms with van der Waals surface area (Å²) in [6.45, 7) is 8.40. The third-order valence-electron chi connectivity index (χ3n) is 3.78. The number of nitrogens with one attached hydrogen (secondary N) is 1. The Labute approximate surface area is 132 Å². The number of aryl methyl sites for hydroxylation is 2. The van der Waals surface area contributed by atoms with Gasteiger partial charge in [-0.15, -0.1) is 0 Å². The second-order valence-electron chi connectivity index (χ2n) is 5.34. The van der Waals surface area contributed by atoms with E-state index in [4.69, 9.17) is 11.6 Å². The van der Waals surface area contributed by atoms with E-state index in [0.717, 1.165) is 36.8 Å². The zero-order chi connectivity index (χ0) is 15.2. The average Bonchev–Trinajstić information content (AvgIpc) is 2.91. The fourth-order valence-electron chi connectivity index (χ4n) is 2.64. The molecule has 1 aromatic heterocycles. The van der Waals surface area contributed by atoms with Crippen molar-refractivity contribution in [1.29, 1.82) is 0 Å². The van der Waals surface area contributed by atoms with Gasteiger partial charge in [0.1, 0.15) is 5.82 Å². The van der Waals surface area contributed by atoms with Gasteiger partial charge in [-0.2, -0.15) is 0 Å². The fourth-order valence-corrected chi connectivity index (χ4v) is 2.87. The van der Waals surface area contributed by atoms with Crippen molar-refractivity contribution in [2.24, 2.45) is 0 Å². The highest BCUT2D eigenvalue weighted by atomic mass is 35.5. The van der Waals surface area contributed by atoms with Crippen LogP contribution in [0.4, 0.5) is 0 Å². The third kappa shape index (κ3) is 4.08. The van der Waals surface area contributed by atoms with Crippen LogP contribution < -0.4 is 5.32 Å². The van der Waals surface area contributed by atoms with Gasteiger partial charge in [-0.1, -0.05) is 24.6 Å². The second kappa shape index (κ2) is 7.62. The van der Waals surface area contributed by atoms with Crippen molar-refractivity contribution >= 4 is 11.6 Å². The maximum Gasteiger partial charge on any atom is 0.110 e. The summed E-state index contributed by atoms with van der Waals surface area (Å²) in [5.41, 5.74) is 2.53. The molecule has 0 aliphatic heterocycles. The van der Waals surface area contributed by atoms with Crippen molar-refractivity contribution in [2.75, 3.05) is 6.54 Å². The Morgan fingerprint density at radius 1 is 1.33 bits per heavy atom. The number of imidazole rings is 1. The van der Waals surface area contributed by atoms with Crippen molar-refractivity contribution in [3.8, 4) is 0 Å². The van der Waals surface area contributed by atoms with E-state index >= 15 is 0 Å². The van der Waals surface area contributed by atoms with Crippen LogP contribution >= 0.6 is 11.6 Å². The summed E-state index contributed by atoms with van der Waals surface area (Å²) in [6.07, 6.45) is 5.93. The summed E-state index contributed by atoms with van der Waals surface area (Å²) < 4.78 is 2.20. The van der Waals surface area contributed by atoms with E-state index in [1.165, 1.54) is 11.1 Å². The van der Waals surface area contributed by atoms with Gasteiger partial charge in [0.15, 0.2) is 0 Å². The lowest BCUT2D eigenvalue weighted by Gasteiger charge is -2.21. The standard InChI is InChI=1S/C17H24ClN3/c1-4-8-19-16(12-17-20-9-10-21(17)5-2)15-7-6-14(18)11-13(15)3/h6-7,9-11,16,19H,4-5,8,12H2,1-3H3. The molecule has 0 radical (unpaired) electrons. The number of rotatable bonds is 7. The molecule has 0 aliphatic carbocycles. The van der Waals surface area contributed by atoms with Crippen molar-refractivity contribution < 1.29 is 0 Å². The highest BCUT2D eigenvalue weighted by molar-refractivity contribution is 6.30. The van der Waals surface area contributed by atoms with Crippen molar-refractivity contribution in [3.63, 3.8) is 0 Å². The van der Waals surface area contributed by atoms with Gasteiger partial charge in [-0.25, -0.2) is 4.98 Å². The van der Waals surface area contributed by atoms with Gasteiger partial charge in [0, 0.05) is 36.4 Å². The summed E-state index contributed by atoms with van der Waals surface area (Å²) >= 11 is 6.08. The molecule has 0 saturated carbocycles. The summed E-state index contributed by atoms with van der Waals surface area (Å²) in [7, 11) is 0. The van der Waals surface area contributed by atoms with E-state index in [2.05, 4.69) is 41.7 Å². The first kappa shape index (κ1) is 16.1. The highest BCUT2D eigenvalue weighted by Crippen LogP contribution is 2.24. The molecule has 0 bridgehead atoms. The van der Waals surface area contributed by atoms with Gasteiger partial charge in [-0.05, 0) is 50.1 Å². The summed E-state index contributed by atoms with van der Waals surface area (Å²) in [6, 6.07) is 6.40. The Hall–Kier alpha value is -1.32. The smallest absolute Gasteiger partial charge is 0.110 e. The summed E-state index contributed by atoms with van der Waals surface area (Å²) in [5, 5.41) is 4.43. The molecular weight excluding hydrogens is 282 g/mol. The molecule has 2 rings (SSSR count). The molecule has 4 heteroatoms. The molecule has 2 aromatic rings. The van der Waals surface area contributed by atoms with Crippen molar-refractivity contribution in [3.05, 3.63) is 52.6 Å². The maximum absolute atomic E-state index is 6.08. The van der Waals surface area contributed by atoms with E-state index in [9.17, 15) is 0 Å². The van der Waals surface area contributed by atoms with Crippen LogP contribution in [0.25, 0.3) is 0 Å². The van der Waals surface area contributed by atoms with Crippen LogP contribution in [-0.4, -0.2) is 16.1 Å². The molecule has 0 aliphatic rings. The monoisotopic (exact) mass is 305 g/mol. The normalized spacial score (nSPS) is 12.6. The van der Waals surface area contributed by atoms with Gasteiger partial charge in [0.2, 0.25) is 0 Å². The molecule has 0 saturated heterocycles. The lowest BCUT2D eigenvalue weighted by Crippen LogP contribution is -2.26. The van der Waals surface area contributed by atoms with Crippen LogP contribution in [0.5, 0.6) is 0 Å². The fraction of sp³-hybridized carbons (Fsp3) is 0.471. The molecule has 114 valence electrons. The lowest BCUT2D eigenvalue weighted by atomic mass is 9.98. The van der Waals surface area contributed by atoms with Crippen LogP contribution in [-0.2, 0) is 13.0 Å². The molecule has 21 heavy (non-hydrogen) atoms. The summed E-state index contributed by atoms with van der Waals surface area (Å²) in [4.78, 5) is 4.50. The zero-order valence-electron chi connectivity index (χ0n) is 13.1. The maximum atomic E-state index is 6.08. The van der Waals surface area contributed by atoms with Gasteiger partial charge in [0.25, 0.3) is 0 Å². The van der Waals surface area contributed by atoms with Crippen molar-refractivity contribution in [2.45, 2.75) is 46.2 Å². The number of halogens is 1. The van der Waals surface area contributed by atoms with Gasteiger partial charge in [-0.3, -0.25) is 0 Å². The molecule has 1 aromatic carbocycles. The Balaban J connectivity index is 2.25. The molecule has 0 spiro atoms. The average molecular weight is 306 g/mol. The minimum absolute atomic E-state index is 0.273. The summed E-state index contributed by atoms with van der Waals surface area (Å²) in [5.74, 6) is 1.13. The van der Waals surface area contributed by atoms with Crippen LogP contribution in [0, 0.1) is 6.92 Å². The molecule has 0 amide bonds. The molecule has 1 N–H and O–H groups in total. The highest BCUT2D eigenvalue weighted by Gasteiger charge is 2.16. The van der Waals surface area contributed by atoms with E-state index < -0.39 is 0 Å². The lowest BCUT2D eigenvalue weighted by molar-refractivity contribution is 0.505. The van der Waals surface area contributed by atoms with Gasteiger partial charge < -0.3 is 9.88 Å². The molecule has 1 unspecified atom stereocenters. The van der Waals surface area contributed by atoms with Crippen molar-refractivity contribution in [1.82, 2.24) is 14.9 Å². The number of hydrogen-bond donors (Lipinski definition) is 1. The van der Waals surface area contributed by atoms with Crippen LogP contribution in [0.3, 0.4) is 0 Å². The van der Waals surface area contributed by atoms with E-state index in [0.29, 0.717) is 0 Å². The Bertz CT molecular complexity index is 577. The largest absolute Gasteiger partial charge is 0.335 e. The van der Waals surface area contributed by atoms with Gasteiger partial charge in [0.05, 0.1) is 0 Å². The Morgan fingerprint density at radius 2 is 2.14 bits per heavy atom. The zero-order valence-corrected chi connectivity index (χ0v) is 13.8. The van der Waals surface area contributed by atoms with Crippen LogP contribution in [0.1, 0.15) is 43.3 Å². The first-order valence-corrected chi connectivity index (χ1v) is 8.03. The number of nitrogens with zero attached hydrogens (tertiary/aromatic N) is 2. The predicted molar refractivity (Wildman–Crippen MR) is 88.8 cm³/mol. The Kier molecular flexibility index (Phi) is 5.83. The molecule has 1 atom stereocenters. The van der Waals surface area contributed by atoms with Gasteiger partial charge >= 0.3 is 0 Å². The Morgan fingerprint density at radius 3 is 2.81 bits per heavy atom. The number of benzene rings is 1. The van der Waals surface area contributed by atoms with E-state index in [1.807, 2.05) is 24.5 Å². The molecule has 1 heterocycles. The number of hydrogen-bond acceptors (Lipinski definition) is 2. The SMILES string of the molecule is CCCNC(Cc1nccn1CC)c1ccc(Cl)cc1C. The van der Waals surface area contributed by atoms with Crippen LogP contribution in [0.2, 0.25) is 5.02 Å². The first-order chi connectivity index (χ1) is 10.2. The molecule has 0 fully saturated rings. The topological polar surface area (TPSA) is 29.9 Å². The predicted octanol–water partition coefficient (Wildman–Crippen LogP) is 4.15. The van der Waals surface area contributed by atoms with E-state index in [-0.39, 0.29) is 6.04 Å². The van der Waals surface area contributed by atoms with Crippen LogP contribution in [0.15, 0.2) is 30.6 Å². The van der Waals surface area contributed by atoms with E-state index in [1.54, 1.807) is 0 Å². The second-order valence-corrected chi connectivity index (χ2v) is 5.78. The number of aromatic nitrogens is 2. The third-order valence-corrected chi connectivity index (χ3v) is 4.01. The first-order valence-electron chi connectivity index (χ1n) is 7.65. The molecule has 3 nitrogen and oxygen atoms in total. The quantitative estimate of drug-likeness (QED) is 0.833. The minimum atomic E-state index is 0.273. The molecular formula is C17H24ClN3. The minimum Gasteiger partial charge on any atom is -0.335 e.